The number of carbonyl (C=O) groups excluding carboxylic acids is 2. The first-order valence-electron chi connectivity index (χ1n) is 7.56. The van der Waals surface area contributed by atoms with Crippen LogP contribution in [0.15, 0.2) is 60.4 Å². The largest absolute Gasteiger partial charge is 0.497 e. The monoisotopic (exact) mass is 323 g/mol. The minimum Gasteiger partial charge on any atom is -0.497 e. The highest BCUT2D eigenvalue weighted by atomic mass is 16.6. The van der Waals surface area contributed by atoms with Crippen molar-refractivity contribution in [2.45, 2.75) is 13.0 Å². The summed E-state index contributed by atoms with van der Waals surface area (Å²) in [6, 6.07) is 16.1. The second kappa shape index (κ2) is 6.58. The van der Waals surface area contributed by atoms with Gasteiger partial charge in [0.05, 0.1) is 13.2 Å². The van der Waals surface area contributed by atoms with Crippen LogP contribution >= 0.6 is 0 Å². The lowest BCUT2D eigenvalue weighted by Gasteiger charge is -2.19. The molecule has 0 aromatic heterocycles. The summed E-state index contributed by atoms with van der Waals surface area (Å²) in [4.78, 5) is 25.8. The van der Waals surface area contributed by atoms with Crippen molar-refractivity contribution in [2.75, 3.05) is 7.11 Å². The van der Waals surface area contributed by atoms with Gasteiger partial charge in [-0.05, 0) is 36.3 Å². The van der Waals surface area contributed by atoms with E-state index in [-0.39, 0.29) is 5.76 Å². The molecular weight excluding hydrogens is 306 g/mol. The van der Waals surface area contributed by atoms with Crippen molar-refractivity contribution in [3.05, 3.63) is 71.5 Å². The number of imide groups is 1. The van der Waals surface area contributed by atoms with Crippen LogP contribution in [-0.2, 0) is 9.53 Å². The Balaban J connectivity index is 1.84. The van der Waals surface area contributed by atoms with E-state index in [1.807, 2.05) is 30.3 Å². The van der Waals surface area contributed by atoms with E-state index in [1.165, 1.54) is 0 Å². The molecule has 0 saturated carbocycles. The Kier molecular flexibility index (Phi) is 4.33. The fourth-order valence-corrected chi connectivity index (χ4v) is 2.55. The summed E-state index contributed by atoms with van der Waals surface area (Å²) in [6.07, 6.45) is 0.897. The molecule has 0 N–H and O–H groups in total. The van der Waals surface area contributed by atoms with Crippen molar-refractivity contribution < 1.29 is 19.1 Å². The molecule has 1 aliphatic heterocycles. The first-order valence-corrected chi connectivity index (χ1v) is 7.56. The molecule has 1 aliphatic rings. The number of nitrogens with zero attached hydrogens (tertiary/aromatic N) is 1. The van der Waals surface area contributed by atoms with Crippen molar-refractivity contribution >= 4 is 18.1 Å². The van der Waals surface area contributed by atoms with Crippen molar-refractivity contribution in [1.82, 2.24) is 4.90 Å². The van der Waals surface area contributed by atoms with E-state index in [2.05, 4.69) is 0 Å². The molecule has 2 aromatic rings. The molecule has 5 nitrogen and oxygen atoms in total. The normalized spacial score (nSPS) is 17.1. The number of carbonyl (C=O) groups is 2. The summed E-state index contributed by atoms with van der Waals surface area (Å²) in [5.41, 5.74) is 1.62. The molecule has 2 amide bonds. The zero-order valence-electron chi connectivity index (χ0n) is 13.4. The topological polar surface area (TPSA) is 55.8 Å². The third-order valence-corrected chi connectivity index (χ3v) is 3.91. The van der Waals surface area contributed by atoms with E-state index in [1.54, 1.807) is 44.4 Å². The molecule has 0 bridgehead atoms. The van der Waals surface area contributed by atoms with Gasteiger partial charge in [0.25, 0.3) is 5.91 Å². The van der Waals surface area contributed by atoms with Gasteiger partial charge in [-0.1, -0.05) is 42.5 Å². The van der Waals surface area contributed by atoms with E-state index in [0.717, 1.165) is 16.0 Å². The molecule has 0 aliphatic carbocycles. The summed E-state index contributed by atoms with van der Waals surface area (Å²) >= 11 is 0. The Bertz CT molecular complexity index is 781. The molecule has 1 heterocycles. The predicted molar refractivity (Wildman–Crippen MR) is 89.2 cm³/mol. The Labute approximate surface area is 140 Å². The minimum absolute atomic E-state index is 0.0212. The minimum atomic E-state index is -0.656. The van der Waals surface area contributed by atoms with Crippen LogP contribution in [0.4, 0.5) is 4.79 Å². The molecule has 1 atom stereocenters. The zero-order valence-corrected chi connectivity index (χ0v) is 13.4. The van der Waals surface area contributed by atoms with Gasteiger partial charge in [0, 0.05) is 0 Å². The maximum Gasteiger partial charge on any atom is 0.423 e. The molecular formula is C19H17NO4. The second-order valence-corrected chi connectivity index (χ2v) is 5.41. The quantitative estimate of drug-likeness (QED) is 0.804. The lowest BCUT2D eigenvalue weighted by atomic mass is 10.1. The molecule has 0 unspecified atom stereocenters. The Hall–Kier alpha value is -3.08. The highest BCUT2D eigenvalue weighted by Crippen LogP contribution is 2.29. The van der Waals surface area contributed by atoms with Crippen LogP contribution in [0.1, 0.15) is 24.1 Å². The molecule has 1 fully saturated rings. The molecule has 0 radical (unpaired) electrons. The first-order chi connectivity index (χ1) is 11.6. The lowest BCUT2D eigenvalue weighted by Crippen LogP contribution is -2.31. The first kappa shape index (κ1) is 15.8. The smallest absolute Gasteiger partial charge is 0.423 e. The van der Waals surface area contributed by atoms with Gasteiger partial charge >= 0.3 is 6.09 Å². The van der Waals surface area contributed by atoms with E-state index < -0.39 is 18.0 Å². The SMILES string of the molecule is COc1ccc(/C=C2/OC(=O)N([C@H](C)c3ccccc3)C2=O)cc1. The molecule has 24 heavy (non-hydrogen) atoms. The van der Waals surface area contributed by atoms with Crippen LogP contribution in [0, 0.1) is 0 Å². The molecule has 122 valence electrons. The fraction of sp³-hybridized carbons (Fsp3) is 0.158. The second-order valence-electron chi connectivity index (χ2n) is 5.41. The molecule has 1 saturated heterocycles. The Morgan fingerprint density at radius 2 is 1.71 bits per heavy atom. The van der Waals surface area contributed by atoms with Crippen LogP contribution in [-0.4, -0.2) is 24.0 Å². The lowest BCUT2D eigenvalue weighted by molar-refractivity contribution is -0.124. The van der Waals surface area contributed by atoms with E-state index in [4.69, 9.17) is 9.47 Å². The predicted octanol–water partition coefficient (Wildman–Crippen LogP) is 3.78. The van der Waals surface area contributed by atoms with Crippen LogP contribution in [0.3, 0.4) is 0 Å². The maximum atomic E-state index is 12.5. The Morgan fingerprint density at radius 1 is 1.04 bits per heavy atom. The number of ether oxygens (including phenoxy) is 2. The third-order valence-electron chi connectivity index (χ3n) is 3.91. The van der Waals surface area contributed by atoms with Crippen LogP contribution in [0.5, 0.6) is 5.75 Å². The standard InChI is InChI=1S/C19H17NO4/c1-13(15-6-4-3-5-7-15)20-18(21)17(24-19(20)22)12-14-8-10-16(23-2)11-9-14/h3-13H,1-2H3/b17-12+/t13-/m1/s1. The van der Waals surface area contributed by atoms with Crippen molar-refractivity contribution in [2.24, 2.45) is 0 Å². The van der Waals surface area contributed by atoms with Crippen LogP contribution in [0.2, 0.25) is 0 Å². The molecule has 0 spiro atoms. The van der Waals surface area contributed by atoms with Crippen molar-refractivity contribution in [1.29, 1.82) is 0 Å². The molecule has 3 rings (SSSR count). The number of amides is 2. The van der Waals surface area contributed by atoms with Crippen molar-refractivity contribution in [3.63, 3.8) is 0 Å². The highest BCUT2D eigenvalue weighted by Gasteiger charge is 2.40. The van der Waals surface area contributed by atoms with Crippen molar-refractivity contribution in [3.8, 4) is 5.75 Å². The summed E-state index contributed by atoms with van der Waals surface area (Å²) in [5.74, 6) is 0.298. The summed E-state index contributed by atoms with van der Waals surface area (Å²) in [5, 5.41) is 0. The van der Waals surface area contributed by atoms with E-state index >= 15 is 0 Å². The van der Waals surface area contributed by atoms with Gasteiger partial charge in [0.1, 0.15) is 5.75 Å². The van der Waals surface area contributed by atoms with Gasteiger partial charge in [-0.2, -0.15) is 0 Å². The summed E-state index contributed by atoms with van der Waals surface area (Å²) in [7, 11) is 1.58. The van der Waals surface area contributed by atoms with Gasteiger partial charge < -0.3 is 9.47 Å². The van der Waals surface area contributed by atoms with Gasteiger partial charge in [0.15, 0.2) is 5.76 Å². The number of hydrogen-bond donors (Lipinski definition) is 0. The Morgan fingerprint density at radius 3 is 2.33 bits per heavy atom. The maximum absolute atomic E-state index is 12.5. The molecule has 2 aromatic carbocycles. The summed E-state index contributed by atoms with van der Waals surface area (Å²) < 4.78 is 10.3. The van der Waals surface area contributed by atoms with Gasteiger partial charge in [-0.15, -0.1) is 0 Å². The van der Waals surface area contributed by atoms with E-state index in [9.17, 15) is 9.59 Å². The van der Waals surface area contributed by atoms with E-state index in [0.29, 0.717) is 5.75 Å². The van der Waals surface area contributed by atoms with Gasteiger partial charge in [-0.25, -0.2) is 9.69 Å². The number of methoxy groups -OCH3 is 1. The third kappa shape index (κ3) is 3.01. The average Bonchev–Trinajstić information content (AvgIpc) is 2.89. The zero-order chi connectivity index (χ0) is 17.1. The number of cyclic esters (lactones) is 1. The highest BCUT2D eigenvalue weighted by molar-refractivity contribution is 6.10. The molecule has 5 heteroatoms. The van der Waals surface area contributed by atoms with Gasteiger partial charge in [-0.3, -0.25) is 4.79 Å². The fourth-order valence-electron chi connectivity index (χ4n) is 2.55. The van der Waals surface area contributed by atoms with Crippen LogP contribution < -0.4 is 4.74 Å². The number of benzene rings is 2. The number of rotatable bonds is 4. The summed E-state index contributed by atoms with van der Waals surface area (Å²) in [6.45, 7) is 1.80. The van der Waals surface area contributed by atoms with Gasteiger partial charge in [0.2, 0.25) is 0 Å². The average molecular weight is 323 g/mol. The van der Waals surface area contributed by atoms with Crippen LogP contribution in [0.25, 0.3) is 6.08 Å². The number of hydrogen-bond acceptors (Lipinski definition) is 4.